The number of nitrogens with two attached hydrogens (primary N) is 1. The van der Waals surface area contributed by atoms with Crippen LogP contribution < -0.4 is 11.3 Å². The van der Waals surface area contributed by atoms with Crippen LogP contribution in [0, 0.1) is 11.7 Å². The fourth-order valence-corrected chi connectivity index (χ4v) is 2.52. The second kappa shape index (κ2) is 6.16. The van der Waals surface area contributed by atoms with Gasteiger partial charge in [0.25, 0.3) is 5.56 Å². The highest BCUT2D eigenvalue weighted by Crippen LogP contribution is 2.19. The van der Waals surface area contributed by atoms with E-state index >= 15 is 0 Å². The zero-order valence-corrected chi connectivity index (χ0v) is 12.8. The standard InChI is InChI=1S/C16H22FN3O/c1-4-9-19-14(10-11(2)3)15(18)16(21)20(19)13-8-6-5-7-12(13)17/h5-8,11H,4,9-10,18H2,1-3H3. The summed E-state index contributed by atoms with van der Waals surface area (Å²) in [6, 6.07) is 6.27. The third-order valence-electron chi connectivity index (χ3n) is 3.40. The lowest BCUT2D eigenvalue weighted by Gasteiger charge is -2.15. The van der Waals surface area contributed by atoms with E-state index in [4.69, 9.17) is 5.73 Å². The molecular weight excluding hydrogens is 269 g/mol. The molecule has 21 heavy (non-hydrogen) atoms. The molecule has 0 radical (unpaired) electrons. The average molecular weight is 291 g/mol. The number of benzene rings is 1. The van der Waals surface area contributed by atoms with Gasteiger partial charge in [-0.1, -0.05) is 32.9 Å². The molecule has 0 fully saturated rings. The largest absolute Gasteiger partial charge is 0.393 e. The van der Waals surface area contributed by atoms with Crippen LogP contribution in [0.25, 0.3) is 5.69 Å². The zero-order valence-electron chi connectivity index (χ0n) is 12.8. The predicted octanol–water partition coefficient (Wildman–Crippen LogP) is 2.97. The van der Waals surface area contributed by atoms with Crippen molar-refractivity contribution in [2.75, 3.05) is 5.73 Å². The Labute approximate surface area is 124 Å². The molecule has 2 aromatic rings. The highest BCUT2D eigenvalue weighted by atomic mass is 19.1. The first kappa shape index (κ1) is 15.4. The van der Waals surface area contributed by atoms with Gasteiger partial charge in [-0.05, 0) is 30.9 Å². The van der Waals surface area contributed by atoms with Crippen molar-refractivity contribution in [3.8, 4) is 5.69 Å². The maximum atomic E-state index is 14.1. The van der Waals surface area contributed by atoms with Gasteiger partial charge in [0.05, 0.1) is 5.69 Å². The van der Waals surface area contributed by atoms with Gasteiger partial charge >= 0.3 is 0 Å². The fourth-order valence-electron chi connectivity index (χ4n) is 2.52. The Morgan fingerprint density at radius 2 is 1.95 bits per heavy atom. The first-order chi connectivity index (χ1) is 9.97. The van der Waals surface area contributed by atoms with Gasteiger partial charge in [-0.15, -0.1) is 0 Å². The Balaban J connectivity index is 2.71. The number of hydrogen-bond donors (Lipinski definition) is 1. The van der Waals surface area contributed by atoms with E-state index in [0.29, 0.717) is 18.9 Å². The topological polar surface area (TPSA) is 52.9 Å². The summed E-state index contributed by atoms with van der Waals surface area (Å²) in [6.45, 7) is 6.79. The molecule has 0 amide bonds. The molecule has 0 aliphatic rings. The van der Waals surface area contributed by atoms with Gasteiger partial charge in [-0.25, -0.2) is 9.07 Å². The van der Waals surface area contributed by atoms with Crippen molar-refractivity contribution < 1.29 is 4.39 Å². The summed E-state index contributed by atoms with van der Waals surface area (Å²) in [6.07, 6.45) is 1.54. The minimum atomic E-state index is -0.425. The van der Waals surface area contributed by atoms with Crippen molar-refractivity contribution >= 4 is 5.69 Å². The molecule has 4 nitrogen and oxygen atoms in total. The molecule has 0 atom stereocenters. The fraction of sp³-hybridized carbons (Fsp3) is 0.438. The third-order valence-corrected chi connectivity index (χ3v) is 3.40. The number of nitrogen functional groups attached to an aromatic ring is 1. The van der Waals surface area contributed by atoms with Crippen LogP contribution >= 0.6 is 0 Å². The minimum absolute atomic E-state index is 0.223. The number of anilines is 1. The summed E-state index contributed by atoms with van der Waals surface area (Å²) in [5, 5.41) is 0. The Hall–Kier alpha value is -2.04. The lowest BCUT2D eigenvalue weighted by molar-refractivity contribution is 0.482. The Bertz CT molecular complexity index is 685. The van der Waals surface area contributed by atoms with Crippen molar-refractivity contribution in [2.24, 2.45) is 5.92 Å². The van der Waals surface area contributed by atoms with Crippen molar-refractivity contribution in [3.63, 3.8) is 0 Å². The van der Waals surface area contributed by atoms with Crippen molar-refractivity contribution in [2.45, 2.75) is 40.2 Å². The molecule has 0 aliphatic carbocycles. The number of nitrogens with zero attached hydrogens (tertiary/aromatic N) is 2. The minimum Gasteiger partial charge on any atom is -0.393 e. The molecule has 2 rings (SSSR count). The third kappa shape index (κ3) is 2.86. The van der Waals surface area contributed by atoms with Crippen molar-refractivity contribution in [1.82, 2.24) is 9.36 Å². The molecule has 1 aromatic heterocycles. The van der Waals surface area contributed by atoms with Gasteiger partial charge in [0, 0.05) is 6.54 Å². The summed E-state index contributed by atoms with van der Waals surface area (Å²) in [4.78, 5) is 12.5. The van der Waals surface area contributed by atoms with Crippen LogP contribution in [-0.2, 0) is 13.0 Å². The maximum absolute atomic E-state index is 14.1. The van der Waals surface area contributed by atoms with Crippen LogP contribution in [-0.4, -0.2) is 9.36 Å². The zero-order chi connectivity index (χ0) is 15.6. The van der Waals surface area contributed by atoms with Crippen LogP contribution in [0.3, 0.4) is 0 Å². The number of para-hydroxylation sites is 1. The molecular formula is C16H22FN3O. The van der Waals surface area contributed by atoms with E-state index in [1.54, 1.807) is 18.2 Å². The molecule has 0 aliphatic heterocycles. The molecule has 2 N–H and O–H groups in total. The van der Waals surface area contributed by atoms with Gasteiger partial charge in [0.1, 0.15) is 17.2 Å². The molecule has 0 saturated heterocycles. The normalized spacial score (nSPS) is 11.3. The molecule has 0 bridgehead atoms. The van der Waals surface area contributed by atoms with E-state index in [9.17, 15) is 9.18 Å². The Morgan fingerprint density at radius 3 is 2.52 bits per heavy atom. The monoisotopic (exact) mass is 291 g/mol. The number of halogens is 1. The van der Waals surface area contributed by atoms with Gasteiger partial charge in [0.15, 0.2) is 0 Å². The van der Waals surface area contributed by atoms with E-state index < -0.39 is 5.82 Å². The first-order valence-corrected chi connectivity index (χ1v) is 7.32. The highest BCUT2D eigenvalue weighted by Gasteiger charge is 2.20. The molecule has 1 heterocycles. The quantitative estimate of drug-likeness (QED) is 0.920. The summed E-state index contributed by atoms with van der Waals surface area (Å²) >= 11 is 0. The molecule has 0 spiro atoms. The van der Waals surface area contributed by atoms with Crippen LogP contribution in [0.2, 0.25) is 0 Å². The second-order valence-corrected chi connectivity index (χ2v) is 5.65. The predicted molar refractivity (Wildman–Crippen MR) is 83.2 cm³/mol. The van der Waals surface area contributed by atoms with Crippen molar-refractivity contribution in [3.05, 3.63) is 46.1 Å². The second-order valence-electron chi connectivity index (χ2n) is 5.65. The van der Waals surface area contributed by atoms with E-state index in [2.05, 4.69) is 13.8 Å². The molecule has 0 saturated carbocycles. The summed E-state index contributed by atoms with van der Waals surface area (Å²) < 4.78 is 17.2. The molecule has 0 unspecified atom stereocenters. The lowest BCUT2D eigenvalue weighted by Crippen LogP contribution is -2.23. The average Bonchev–Trinajstić information content (AvgIpc) is 2.65. The van der Waals surface area contributed by atoms with Crippen LogP contribution in [0.4, 0.5) is 10.1 Å². The summed E-state index contributed by atoms with van der Waals surface area (Å²) in [5.41, 5.74) is 6.91. The van der Waals surface area contributed by atoms with Crippen LogP contribution in [0.15, 0.2) is 29.1 Å². The number of hydrogen-bond acceptors (Lipinski definition) is 2. The van der Waals surface area contributed by atoms with Gasteiger partial charge in [-0.2, -0.15) is 0 Å². The summed E-state index contributed by atoms with van der Waals surface area (Å²) in [5.74, 6) is -0.0585. The Morgan fingerprint density at radius 1 is 1.29 bits per heavy atom. The van der Waals surface area contributed by atoms with Crippen LogP contribution in [0.5, 0.6) is 0 Å². The number of aromatic nitrogens is 2. The van der Waals surface area contributed by atoms with E-state index in [0.717, 1.165) is 12.1 Å². The Kier molecular flexibility index (Phi) is 4.50. The SMILES string of the molecule is CCCn1c(CC(C)C)c(N)c(=O)n1-c1ccccc1F. The first-order valence-electron chi connectivity index (χ1n) is 7.32. The number of rotatable bonds is 5. The van der Waals surface area contributed by atoms with Gasteiger partial charge in [-0.3, -0.25) is 9.48 Å². The maximum Gasteiger partial charge on any atom is 0.294 e. The highest BCUT2D eigenvalue weighted by molar-refractivity contribution is 5.46. The summed E-state index contributed by atoms with van der Waals surface area (Å²) in [7, 11) is 0. The van der Waals surface area contributed by atoms with Gasteiger partial charge in [0.2, 0.25) is 0 Å². The lowest BCUT2D eigenvalue weighted by atomic mass is 10.1. The van der Waals surface area contributed by atoms with Crippen LogP contribution in [0.1, 0.15) is 32.9 Å². The smallest absolute Gasteiger partial charge is 0.294 e. The van der Waals surface area contributed by atoms with Gasteiger partial charge < -0.3 is 5.73 Å². The molecule has 1 aromatic carbocycles. The molecule has 5 heteroatoms. The van der Waals surface area contributed by atoms with Crippen molar-refractivity contribution in [1.29, 1.82) is 0 Å². The van der Waals surface area contributed by atoms with E-state index in [1.165, 1.54) is 10.7 Å². The molecule has 114 valence electrons. The van der Waals surface area contributed by atoms with E-state index in [-0.39, 0.29) is 16.9 Å². The van der Waals surface area contributed by atoms with E-state index in [1.807, 2.05) is 11.6 Å².